The molecule has 1 aromatic rings. The smallest absolute Gasteiger partial charge is 0.314 e. The largest absolute Gasteiger partial charge is 0.481 e. The Bertz CT molecular complexity index is 622. The van der Waals surface area contributed by atoms with E-state index in [9.17, 15) is 14.7 Å². The van der Waals surface area contributed by atoms with E-state index in [0.717, 1.165) is 12.0 Å². The number of aliphatic carboxylic acids is 1. The topological polar surface area (TPSA) is 66.8 Å². The number of amides is 1. The maximum Gasteiger partial charge on any atom is 0.314 e. The van der Waals surface area contributed by atoms with Crippen molar-refractivity contribution in [1.29, 1.82) is 0 Å². The molecule has 0 aromatic heterocycles. The van der Waals surface area contributed by atoms with Gasteiger partial charge in [-0.3, -0.25) is 9.59 Å². The second-order valence-electron chi connectivity index (χ2n) is 7.75. The molecule has 1 aliphatic carbocycles. The van der Waals surface area contributed by atoms with E-state index in [2.05, 4.69) is 6.92 Å². The van der Waals surface area contributed by atoms with Crippen molar-refractivity contribution in [3.63, 3.8) is 0 Å². The molecule has 2 atom stereocenters. The molecule has 26 heavy (non-hydrogen) atoms. The van der Waals surface area contributed by atoms with Crippen molar-refractivity contribution >= 4 is 11.9 Å². The van der Waals surface area contributed by atoms with E-state index in [0.29, 0.717) is 31.8 Å². The van der Waals surface area contributed by atoms with Crippen molar-refractivity contribution in [2.24, 2.45) is 5.92 Å². The van der Waals surface area contributed by atoms with Crippen LogP contribution in [0.5, 0.6) is 0 Å². The number of carboxylic acids is 1. The molecule has 0 spiro atoms. The molecule has 1 N–H and O–H groups in total. The molecule has 0 bridgehead atoms. The van der Waals surface area contributed by atoms with Crippen LogP contribution in [0.25, 0.3) is 0 Å². The predicted molar refractivity (Wildman–Crippen MR) is 98.9 cm³/mol. The lowest BCUT2D eigenvalue weighted by molar-refractivity contribution is -0.150. The maximum atomic E-state index is 12.5. The summed E-state index contributed by atoms with van der Waals surface area (Å²) in [5, 5.41) is 9.84. The summed E-state index contributed by atoms with van der Waals surface area (Å²) in [4.78, 5) is 26.3. The predicted octanol–water partition coefficient (Wildman–Crippen LogP) is 3.23. The van der Waals surface area contributed by atoms with Gasteiger partial charge in [0.05, 0.1) is 11.5 Å². The van der Waals surface area contributed by atoms with Crippen LogP contribution in [0, 0.1) is 5.92 Å². The second kappa shape index (κ2) is 8.21. The summed E-state index contributed by atoms with van der Waals surface area (Å²) in [7, 11) is 0. The summed E-state index contributed by atoms with van der Waals surface area (Å²) >= 11 is 0. The van der Waals surface area contributed by atoms with Gasteiger partial charge in [0.15, 0.2) is 0 Å². The third-order valence-corrected chi connectivity index (χ3v) is 6.16. The fourth-order valence-electron chi connectivity index (χ4n) is 4.32. The summed E-state index contributed by atoms with van der Waals surface area (Å²) in [6.45, 7) is 3.23. The number of hydrogen-bond donors (Lipinski definition) is 1. The first-order valence-electron chi connectivity index (χ1n) is 9.71. The molecule has 1 amide bonds. The van der Waals surface area contributed by atoms with Gasteiger partial charge in [0.2, 0.25) is 5.91 Å². The zero-order chi connectivity index (χ0) is 18.6. The van der Waals surface area contributed by atoms with Crippen LogP contribution in [0.3, 0.4) is 0 Å². The van der Waals surface area contributed by atoms with E-state index in [1.165, 1.54) is 19.3 Å². The van der Waals surface area contributed by atoms with Gasteiger partial charge in [-0.1, -0.05) is 50.1 Å². The number of carbonyl (C=O) groups is 2. The van der Waals surface area contributed by atoms with Crippen molar-refractivity contribution in [3.8, 4) is 0 Å². The van der Waals surface area contributed by atoms with Gasteiger partial charge >= 0.3 is 5.97 Å². The van der Waals surface area contributed by atoms with Gasteiger partial charge in [0, 0.05) is 13.1 Å². The first-order valence-corrected chi connectivity index (χ1v) is 9.71. The number of ether oxygens (including phenoxy) is 1. The minimum absolute atomic E-state index is 0.0187. The Morgan fingerprint density at radius 1 is 1.15 bits per heavy atom. The van der Waals surface area contributed by atoms with E-state index < -0.39 is 11.4 Å². The molecule has 1 saturated carbocycles. The van der Waals surface area contributed by atoms with E-state index in [4.69, 9.17) is 4.74 Å². The monoisotopic (exact) mass is 359 g/mol. The first-order chi connectivity index (χ1) is 12.5. The fourth-order valence-corrected chi connectivity index (χ4v) is 4.32. The molecule has 5 heteroatoms. The van der Waals surface area contributed by atoms with Gasteiger partial charge in [-0.2, -0.15) is 0 Å². The van der Waals surface area contributed by atoms with E-state index in [-0.39, 0.29) is 18.6 Å². The Morgan fingerprint density at radius 2 is 1.81 bits per heavy atom. The maximum absolute atomic E-state index is 12.5. The molecule has 2 fully saturated rings. The normalized spacial score (nSPS) is 25.7. The Hall–Kier alpha value is -1.88. The van der Waals surface area contributed by atoms with Crippen LogP contribution in [-0.2, 0) is 19.7 Å². The Kier molecular flexibility index (Phi) is 5.97. The average Bonchev–Trinajstić information content (AvgIpc) is 2.67. The number of likely N-dealkylation sites (tertiary alicyclic amines) is 1. The number of piperidine rings is 1. The van der Waals surface area contributed by atoms with Crippen LogP contribution < -0.4 is 0 Å². The van der Waals surface area contributed by atoms with E-state index >= 15 is 0 Å². The lowest BCUT2D eigenvalue weighted by Crippen LogP contribution is -2.50. The van der Waals surface area contributed by atoms with Gasteiger partial charge in [0.1, 0.15) is 6.61 Å². The molecule has 1 aliphatic heterocycles. The van der Waals surface area contributed by atoms with Gasteiger partial charge in [-0.05, 0) is 37.2 Å². The number of carboxylic acid groups (broad SMARTS) is 1. The molecule has 142 valence electrons. The van der Waals surface area contributed by atoms with Crippen molar-refractivity contribution in [2.75, 3.05) is 19.7 Å². The molecule has 5 nitrogen and oxygen atoms in total. The zero-order valence-corrected chi connectivity index (χ0v) is 15.5. The molecule has 1 heterocycles. The van der Waals surface area contributed by atoms with Gasteiger partial charge in [-0.15, -0.1) is 0 Å². The minimum atomic E-state index is -0.892. The highest BCUT2D eigenvalue weighted by atomic mass is 16.5. The highest BCUT2D eigenvalue weighted by Crippen LogP contribution is 2.36. The van der Waals surface area contributed by atoms with Gasteiger partial charge in [-0.25, -0.2) is 0 Å². The molecular formula is C21H29NO4. The summed E-state index contributed by atoms with van der Waals surface area (Å²) < 4.78 is 5.89. The second-order valence-corrected chi connectivity index (χ2v) is 7.75. The average molecular weight is 359 g/mol. The molecular weight excluding hydrogens is 330 g/mol. The van der Waals surface area contributed by atoms with Crippen LogP contribution >= 0.6 is 0 Å². The highest BCUT2D eigenvalue weighted by Gasteiger charge is 2.43. The van der Waals surface area contributed by atoms with E-state index in [1.807, 2.05) is 30.3 Å². The molecule has 2 aliphatic rings. The lowest BCUT2D eigenvalue weighted by Gasteiger charge is -2.39. The van der Waals surface area contributed by atoms with Crippen LogP contribution in [-0.4, -0.2) is 47.7 Å². The number of hydrogen-bond acceptors (Lipinski definition) is 3. The van der Waals surface area contributed by atoms with Crippen LogP contribution in [0.1, 0.15) is 51.0 Å². The third kappa shape index (κ3) is 3.93. The highest BCUT2D eigenvalue weighted by molar-refractivity contribution is 5.83. The zero-order valence-electron chi connectivity index (χ0n) is 15.5. The van der Waals surface area contributed by atoms with Crippen LogP contribution in [0.4, 0.5) is 0 Å². The molecule has 0 unspecified atom stereocenters. The summed E-state index contributed by atoms with van der Waals surface area (Å²) in [6, 6.07) is 9.38. The Morgan fingerprint density at radius 3 is 2.42 bits per heavy atom. The van der Waals surface area contributed by atoms with Crippen molar-refractivity contribution in [1.82, 2.24) is 4.90 Å². The van der Waals surface area contributed by atoms with Crippen molar-refractivity contribution in [3.05, 3.63) is 35.9 Å². The minimum Gasteiger partial charge on any atom is -0.481 e. The molecule has 3 rings (SSSR count). The van der Waals surface area contributed by atoms with Crippen molar-refractivity contribution in [2.45, 2.75) is 57.0 Å². The quantitative estimate of drug-likeness (QED) is 0.876. The number of carbonyl (C=O) groups excluding carboxylic acids is 1. The SMILES string of the molecule is C[C@@H]1CCCC[C@@H]1OCC(=O)N1CCC(C(=O)O)(c2ccccc2)CC1. The van der Waals surface area contributed by atoms with Crippen molar-refractivity contribution < 1.29 is 19.4 Å². The standard InChI is InChI=1S/C21H29NO4/c1-16-7-5-6-10-18(16)26-15-19(23)22-13-11-21(12-14-22,20(24)25)17-8-3-2-4-9-17/h2-4,8-9,16,18H,5-7,10-15H2,1H3,(H,24,25)/t16-,18+/m1/s1. The fraction of sp³-hybridized carbons (Fsp3) is 0.619. The number of rotatable bonds is 5. The summed E-state index contributed by atoms with van der Waals surface area (Å²) in [6.07, 6.45) is 5.68. The molecule has 1 aromatic carbocycles. The molecule has 1 saturated heterocycles. The number of benzene rings is 1. The lowest BCUT2D eigenvalue weighted by atomic mass is 9.73. The van der Waals surface area contributed by atoms with E-state index in [1.54, 1.807) is 4.90 Å². The van der Waals surface area contributed by atoms with Gasteiger partial charge in [0.25, 0.3) is 0 Å². The van der Waals surface area contributed by atoms with Gasteiger partial charge < -0.3 is 14.7 Å². The Labute approximate surface area is 155 Å². The number of nitrogens with zero attached hydrogens (tertiary/aromatic N) is 1. The third-order valence-electron chi connectivity index (χ3n) is 6.16. The first kappa shape index (κ1) is 18.9. The molecule has 0 radical (unpaired) electrons. The van der Waals surface area contributed by atoms with Crippen LogP contribution in [0.2, 0.25) is 0 Å². The Balaban J connectivity index is 1.56. The summed E-state index contributed by atoms with van der Waals surface area (Å²) in [5.41, 5.74) is -0.0663. The van der Waals surface area contributed by atoms with Crippen LogP contribution in [0.15, 0.2) is 30.3 Å². The summed E-state index contributed by atoms with van der Waals surface area (Å²) in [5.74, 6) is -0.312.